The molecule has 9 heteroatoms. The Morgan fingerprint density at radius 1 is 0.525 bits per heavy atom. The minimum Gasteiger partial charge on any atom is -0.465 e. The molecule has 0 aliphatic heterocycles. The van der Waals surface area contributed by atoms with Crippen LogP contribution < -0.4 is 0 Å². The van der Waals surface area contributed by atoms with Gasteiger partial charge >= 0.3 is 11.9 Å². The van der Waals surface area contributed by atoms with Gasteiger partial charge in [0.2, 0.25) is 0 Å². The summed E-state index contributed by atoms with van der Waals surface area (Å²) in [7, 11) is 0. The highest BCUT2D eigenvalue weighted by Gasteiger charge is 2.20. The summed E-state index contributed by atoms with van der Waals surface area (Å²) in [6, 6.07) is 0. The van der Waals surface area contributed by atoms with Crippen LogP contribution in [0.15, 0.2) is 12.5 Å². The molecule has 0 saturated carbocycles. The summed E-state index contributed by atoms with van der Waals surface area (Å²) in [5.41, 5.74) is 1.63. The molecule has 2 rings (SSSR count). The fourth-order valence-corrected chi connectivity index (χ4v) is 8.64. The van der Waals surface area contributed by atoms with Gasteiger partial charge in [-0.3, -0.25) is 9.59 Å². The minimum atomic E-state index is 0.0522. The maximum Gasteiger partial charge on any atom is 0.308 e. The average molecular weight is 854 g/mol. The largest absolute Gasteiger partial charge is 0.465 e. The van der Waals surface area contributed by atoms with E-state index >= 15 is 0 Å². The Labute approximate surface area is 374 Å². The number of aryl methyl sites for hydroxylation is 1. The van der Waals surface area contributed by atoms with Crippen LogP contribution in [0.2, 0.25) is 0 Å². The molecule has 1 N–H and O–H groups in total. The number of carbonyl (C=O) groups excluding carboxylic acids is 2. The van der Waals surface area contributed by atoms with E-state index in [1.54, 1.807) is 12.5 Å². The molecule has 0 radical (unpaired) electrons. The molecule has 2 atom stereocenters. The third kappa shape index (κ3) is 28.7. The molecular weight excluding hydrogens is 759 g/mol. The summed E-state index contributed by atoms with van der Waals surface area (Å²) in [5.74, 6) is 1.24. The van der Waals surface area contributed by atoms with Crippen molar-refractivity contribution in [2.24, 2.45) is 11.8 Å². The lowest BCUT2D eigenvalue weighted by molar-refractivity contribution is -0.150. The average Bonchev–Trinajstić information content (AvgIpc) is 3.69. The van der Waals surface area contributed by atoms with Crippen molar-refractivity contribution < 1.29 is 19.1 Å². The lowest BCUT2D eigenvalue weighted by Crippen LogP contribution is -2.27. The first kappa shape index (κ1) is 54.6. The molecule has 0 fully saturated rings. The third-order valence-corrected chi connectivity index (χ3v) is 12.6. The molecule has 0 aromatic carbocycles. The molecule has 0 aliphatic carbocycles. The van der Waals surface area contributed by atoms with E-state index in [1.807, 2.05) is 0 Å². The molecule has 2 aromatic heterocycles. The second-order valence-electron chi connectivity index (χ2n) is 18.3. The molecule has 2 heterocycles. The van der Waals surface area contributed by atoms with Gasteiger partial charge in [0.25, 0.3) is 0 Å². The summed E-state index contributed by atoms with van der Waals surface area (Å²) in [6.07, 6.45) is 42.8. The molecular formula is C52H95N5O4. The first-order valence-electron chi connectivity index (χ1n) is 26.2. The number of nitrogens with one attached hydrogen (secondary N) is 1. The summed E-state index contributed by atoms with van der Waals surface area (Å²) in [4.78, 5) is 45.3. The van der Waals surface area contributed by atoms with E-state index in [2.05, 4.69) is 52.5 Å². The van der Waals surface area contributed by atoms with E-state index < -0.39 is 0 Å². The lowest BCUT2D eigenvalue weighted by Gasteiger charge is -2.22. The monoisotopic (exact) mass is 854 g/mol. The number of carbonyl (C=O) groups is 2. The Bertz CT molecular complexity index is 1210. The summed E-state index contributed by atoms with van der Waals surface area (Å²) >= 11 is 0. The van der Waals surface area contributed by atoms with Crippen molar-refractivity contribution in [3.63, 3.8) is 0 Å². The SMILES string of the molecule is CCCCCCCCC(CCCCCC)C(=O)OCCCCCCN(CCCCCCOC(=O)C(CCCCCC)CCCCCCCC)CCCc1nc2ncncc2[nH]1. The third-order valence-electron chi connectivity index (χ3n) is 12.6. The molecule has 0 bridgehead atoms. The van der Waals surface area contributed by atoms with Gasteiger partial charge in [-0.25, -0.2) is 15.0 Å². The van der Waals surface area contributed by atoms with E-state index in [9.17, 15) is 9.59 Å². The number of unbranched alkanes of at least 4 members (excludes halogenated alkanes) is 22. The van der Waals surface area contributed by atoms with Crippen LogP contribution in [0.25, 0.3) is 11.2 Å². The van der Waals surface area contributed by atoms with E-state index in [0.29, 0.717) is 13.2 Å². The van der Waals surface area contributed by atoms with Crippen LogP contribution in [0.3, 0.4) is 0 Å². The molecule has 61 heavy (non-hydrogen) atoms. The molecule has 2 aromatic rings. The van der Waals surface area contributed by atoms with Crippen molar-refractivity contribution in [3.05, 3.63) is 18.3 Å². The van der Waals surface area contributed by atoms with Crippen molar-refractivity contribution in [1.29, 1.82) is 0 Å². The summed E-state index contributed by atoms with van der Waals surface area (Å²) in [6.45, 7) is 13.3. The van der Waals surface area contributed by atoms with Gasteiger partial charge in [0.05, 0.1) is 31.2 Å². The fourth-order valence-electron chi connectivity index (χ4n) is 8.64. The zero-order valence-corrected chi connectivity index (χ0v) is 40.3. The standard InChI is InChI=1S/C52H95N5O4/c1-5-9-13-17-19-27-36-46(34-25-15-11-7-3)51(58)60-42-31-23-21-29-39-57(41-33-38-49-55-48-44-53-45-54-50(48)56-49)40-30-22-24-32-43-61-52(59)47(35-26-16-12-8-4)37-28-20-18-14-10-6-2/h44-47H,5-43H2,1-4H3,(H,53,54,55,56). The Kier molecular flexibility index (Phi) is 35.0. The number of hydrogen-bond acceptors (Lipinski definition) is 8. The van der Waals surface area contributed by atoms with Crippen molar-refractivity contribution >= 4 is 23.1 Å². The number of nitrogens with zero attached hydrogens (tertiary/aromatic N) is 4. The number of aromatic nitrogens is 4. The molecule has 9 nitrogen and oxygen atoms in total. The smallest absolute Gasteiger partial charge is 0.308 e. The predicted octanol–water partition coefficient (Wildman–Crippen LogP) is 14.5. The van der Waals surface area contributed by atoms with Gasteiger partial charge < -0.3 is 19.4 Å². The molecule has 0 amide bonds. The van der Waals surface area contributed by atoms with Gasteiger partial charge in [0.15, 0.2) is 5.65 Å². The maximum absolute atomic E-state index is 13.1. The normalized spacial score (nSPS) is 12.7. The predicted molar refractivity (Wildman–Crippen MR) is 256 cm³/mol. The molecule has 352 valence electrons. The first-order chi connectivity index (χ1) is 30.0. The van der Waals surface area contributed by atoms with Gasteiger partial charge in [0.1, 0.15) is 17.7 Å². The number of H-pyrrole nitrogens is 1. The Morgan fingerprint density at radius 2 is 0.918 bits per heavy atom. The van der Waals surface area contributed by atoms with Gasteiger partial charge in [-0.15, -0.1) is 0 Å². The van der Waals surface area contributed by atoms with Crippen LogP contribution in [0.5, 0.6) is 0 Å². The molecule has 0 aliphatic rings. The van der Waals surface area contributed by atoms with E-state index in [1.165, 1.54) is 103 Å². The van der Waals surface area contributed by atoms with Gasteiger partial charge in [-0.2, -0.15) is 0 Å². The Balaban J connectivity index is 1.74. The summed E-state index contributed by atoms with van der Waals surface area (Å²) < 4.78 is 11.8. The highest BCUT2D eigenvalue weighted by atomic mass is 16.5. The quantitative estimate of drug-likeness (QED) is 0.0518. The second kappa shape index (κ2) is 39.1. The number of hydrogen-bond donors (Lipinski definition) is 1. The van der Waals surface area contributed by atoms with Crippen LogP contribution in [-0.4, -0.2) is 69.6 Å². The van der Waals surface area contributed by atoms with E-state index in [-0.39, 0.29) is 23.8 Å². The highest BCUT2D eigenvalue weighted by Crippen LogP contribution is 2.22. The fraction of sp³-hybridized carbons (Fsp3) is 0.865. The van der Waals surface area contributed by atoms with E-state index in [0.717, 1.165) is 152 Å². The Hall–Kier alpha value is -2.55. The zero-order chi connectivity index (χ0) is 43.9. The topological polar surface area (TPSA) is 110 Å². The molecule has 0 saturated heterocycles. The lowest BCUT2D eigenvalue weighted by atomic mass is 9.94. The Morgan fingerprint density at radius 3 is 1.38 bits per heavy atom. The number of ether oxygens (including phenoxy) is 2. The minimum absolute atomic E-state index is 0.0522. The first-order valence-corrected chi connectivity index (χ1v) is 26.2. The molecule has 0 spiro atoms. The maximum atomic E-state index is 13.1. The van der Waals surface area contributed by atoms with Crippen molar-refractivity contribution in [1.82, 2.24) is 24.8 Å². The van der Waals surface area contributed by atoms with Crippen LogP contribution in [0.1, 0.15) is 245 Å². The second-order valence-corrected chi connectivity index (χ2v) is 18.3. The van der Waals surface area contributed by atoms with Crippen LogP contribution in [0.4, 0.5) is 0 Å². The molecule has 2 unspecified atom stereocenters. The van der Waals surface area contributed by atoms with Crippen molar-refractivity contribution in [3.8, 4) is 0 Å². The summed E-state index contributed by atoms with van der Waals surface area (Å²) in [5, 5.41) is 0. The van der Waals surface area contributed by atoms with E-state index in [4.69, 9.17) is 9.47 Å². The number of fused-ring (bicyclic) bond motifs is 1. The van der Waals surface area contributed by atoms with Crippen molar-refractivity contribution in [2.75, 3.05) is 32.8 Å². The van der Waals surface area contributed by atoms with Gasteiger partial charge in [0, 0.05) is 6.42 Å². The number of imidazole rings is 1. The number of aromatic amines is 1. The highest BCUT2D eigenvalue weighted by molar-refractivity contribution is 5.72. The van der Waals surface area contributed by atoms with Crippen LogP contribution >= 0.6 is 0 Å². The van der Waals surface area contributed by atoms with Gasteiger partial charge in [-0.05, 0) is 77.4 Å². The van der Waals surface area contributed by atoms with Gasteiger partial charge in [-0.1, -0.05) is 182 Å². The van der Waals surface area contributed by atoms with Crippen molar-refractivity contribution in [2.45, 2.75) is 246 Å². The van der Waals surface area contributed by atoms with Crippen LogP contribution in [0, 0.1) is 11.8 Å². The number of rotatable bonds is 44. The van der Waals surface area contributed by atoms with Crippen LogP contribution in [-0.2, 0) is 25.5 Å². The number of esters is 2. The zero-order valence-electron chi connectivity index (χ0n) is 40.3.